The summed E-state index contributed by atoms with van der Waals surface area (Å²) in [5.74, 6) is 0. The van der Waals surface area contributed by atoms with Gasteiger partial charge in [0.25, 0.3) is 0 Å². The van der Waals surface area contributed by atoms with Gasteiger partial charge in [0.2, 0.25) is 0 Å². The van der Waals surface area contributed by atoms with E-state index in [4.69, 9.17) is 4.74 Å². The second-order valence-electron chi connectivity index (χ2n) is 2.53. The standard InChI is InChI=1S/C8H15O/c1-2-9-8-6-4-3-5-7-8/h4,8H,2-3,5-7H2,1H3/t8-/m1/s1. The maximum Gasteiger partial charge on any atom is 0.0577 e. The van der Waals surface area contributed by atoms with Crippen molar-refractivity contribution < 1.29 is 4.74 Å². The highest BCUT2D eigenvalue weighted by atomic mass is 16.5. The van der Waals surface area contributed by atoms with E-state index in [-0.39, 0.29) is 0 Å². The van der Waals surface area contributed by atoms with Crippen LogP contribution in [0, 0.1) is 6.42 Å². The zero-order valence-corrected chi connectivity index (χ0v) is 6.10. The second-order valence-corrected chi connectivity index (χ2v) is 2.53. The molecule has 0 aromatic rings. The van der Waals surface area contributed by atoms with Crippen molar-refractivity contribution in [2.24, 2.45) is 0 Å². The Balaban J connectivity index is 2.08. The van der Waals surface area contributed by atoms with Gasteiger partial charge in [-0.1, -0.05) is 6.42 Å². The van der Waals surface area contributed by atoms with E-state index in [0.717, 1.165) is 6.61 Å². The molecule has 1 rings (SSSR count). The molecule has 0 amide bonds. The molecule has 1 aliphatic rings. The lowest BCUT2D eigenvalue weighted by atomic mass is 9.98. The predicted octanol–water partition coefficient (Wildman–Crippen LogP) is 2.17. The third-order valence-electron chi connectivity index (χ3n) is 1.77. The monoisotopic (exact) mass is 127 g/mol. The highest BCUT2D eigenvalue weighted by Gasteiger charge is 2.11. The van der Waals surface area contributed by atoms with Crippen LogP contribution < -0.4 is 0 Å². The Kier molecular flexibility index (Phi) is 3.05. The molecule has 0 aliphatic heterocycles. The van der Waals surface area contributed by atoms with Crippen LogP contribution in [-0.2, 0) is 4.74 Å². The van der Waals surface area contributed by atoms with Crippen LogP contribution in [0.4, 0.5) is 0 Å². The fourth-order valence-electron chi connectivity index (χ4n) is 1.30. The van der Waals surface area contributed by atoms with Gasteiger partial charge < -0.3 is 4.74 Å². The Morgan fingerprint density at radius 3 is 3.11 bits per heavy atom. The van der Waals surface area contributed by atoms with Crippen molar-refractivity contribution in [3.8, 4) is 0 Å². The second kappa shape index (κ2) is 3.89. The molecular formula is C8H15O. The van der Waals surface area contributed by atoms with E-state index >= 15 is 0 Å². The van der Waals surface area contributed by atoms with E-state index in [9.17, 15) is 0 Å². The normalized spacial score (nSPS) is 22.3. The SMILES string of the molecule is CCO[C@@H]1C[CH]CCC1. The number of ether oxygens (including phenoxy) is 1. The molecule has 0 spiro atoms. The van der Waals surface area contributed by atoms with Crippen molar-refractivity contribution in [1.82, 2.24) is 0 Å². The molecule has 1 radical (unpaired) electrons. The van der Waals surface area contributed by atoms with Crippen LogP contribution in [0.3, 0.4) is 0 Å². The minimum atomic E-state index is 0.545. The largest absolute Gasteiger partial charge is 0.378 e. The van der Waals surface area contributed by atoms with Gasteiger partial charge in [0.1, 0.15) is 0 Å². The first kappa shape index (κ1) is 7.07. The third kappa shape index (κ3) is 2.35. The smallest absolute Gasteiger partial charge is 0.0577 e. The Morgan fingerprint density at radius 2 is 2.56 bits per heavy atom. The summed E-state index contributed by atoms with van der Waals surface area (Å²) in [6.45, 7) is 2.94. The Labute approximate surface area is 57.4 Å². The maximum absolute atomic E-state index is 5.45. The van der Waals surface area contributed by atoms with Crippen molar-refractivity contribution in [2.45, 2.75) is 38.7 Å². The zero-order chi connectivity index (χ0) is 6.53. The number of hydrogen-bond donors (Lipinski definition) is 0. The lowest BCUT2D eigenvalue weighted by Crippen LogP contribution is -2.16. The summed E-state index contributed by atoms with van der Waals surface area (Å²) >= 11 is 0. The molecule has 1 nitrogen and oxygen atoms in total. The molecule has 9 heavy (non-hydrogen) atoms. The summed E-state index contributed by atoms with van der Waals surface area (Å²) in [6.07, 6.45) is 7.94. The number of hydrogen-bond acceptors (Lipinski definition) is 1. The van der Waals surface area contributed by atoms with E-state index in [1.54, 1.807) is 0 Å². The van der Waals surface area contributed by atoms with Gasteiger partial charge in [0.05, 0.1) is 6.10 Å². The maximum atomic E-state index is 5.45. The van der Waals surface area contributed by atoms with Gasteiger partial charge in [-0.2, -0.15) is 0 Å². The lowest BCUT2D eigenvalue weighted by molar-refractivity contribution is 0.0474. The minimum Gasteiger partial charge on any atom is -0.378 e. The zero-order valence-electron chi connectivity index (χ0n) is 6.10. The lowest BCUT2D eigenvalue weighted by Gasteiger charge is -2.20. The Bertz CT molecular complexity index is 62.2. The molecule has 0 saturated heterocycles. The molecule has 0 unspecified atom stereocenters. The number of rotatable bonds is 2. The Hall–Kier alpha value is -0.0400. The van der Waals surface area contributed by atoms with E-state index < -0.39 is 0 Å². The van der Waals surface area contributed by atoms with Crippen LogP contribution in [0.1, 0.15) is 32.6 Å². The average molecular weight is 127 g/mol. The molecule has 1 atom stereocenters. The van der Waals surface area contributed by atoms with Gasteiger partial charge in [-0.3, -0.25) is 0 Å². The van der Waals surface area contributed by atoms with E-state index in [2.05, 4.69) is 13.3 Å². The highest BCUT2D eigenvalue weighted by Crippen LogP contribution is 2.18. The van der Waals surface area contributed by atoms with E-state index in [1.807, 2.05) is 0 Å². The summed E-state index contributed by atoms with van der Waals surface area (Å²) in [4.78, 5) is 0. The topological polar surface area (TPSA) is 9.23 Å². The van der Waals surface area contributed by atoms with Gasteiger partial charge >= 0.3 is 0 Å². The first-order chi connectivity index (χ1) is 4.43. The molecular weight excluding hydrogens is 112 g/mol. The summed E-state index contributed by atoms with van der Waals surface area (Å²) in [6, 6.07) is 0. The van der Waals surface area contributed by atoms with Crippen molar-refractivity contribution in [1.29, 1.82) is 0 Å². The molecule has 53 valence electrons. The Morgan fingerprint density at radius 1 is 1.67 bits per heavy atom. The van der Waals surface area contributed by atoms with Crippen LogP contribution in [0.2, 0.25) is 0 Å². The molecule has 0 N–H and O–H groups in total. The van der Waals surface area contributed by atoms with Gasteiger partial charge in [-0.25, -0.2) is 0 Å². The van der Waals surface area contributed by atoms with E-state index in [0.29, 0.717) is 6.10 Å². The van der Waals surface area contributed by atoms with Gasteiger partial charge in [0.15, 0.2) is 0 Å². The van der Waals surface area contributed by atoms with Gasteiger partial charge in [0, 0.05) is 6.61 Å². The van der Waals surface area contributed by atoms with Crippen molar-refractivity contribution in [2.75, 3.05) is 6.61 Å². The van der Waals surface area contributed by atoms with Crippen molar-refractivity contribution >= 4 is 0 Å². The van der Waals surface area contributed by atoms with Crippen LogP contribution >= 0.6 is 0 Å². The molecule has 1 heteroatoms. The fourth-order valence-corrected chi connectivity index (χ4v) is 1.30. The van der Waals surface area contributed by atoms with E-state index in [1.165, 1.54) is 25.7 Å². The highest BCUT2D eigenvalue weighted by molar-refractivity contribution is 4.77. The van der Waals surface area contributed by atoms with Crippen LogP contribution in [0.5, 0.6) is 0 Å². The fraction of sp³-hybridized carbons (Fsp3) is 0.875. The molecule has 1 saturated carbocycles. The van der Waals surface area contributed by atoms with Crippen LogP contribution in [0.25, 0.3) is 0 Å². The van der Waals surface area contributed by atoms with Crippen LogP contribution in [0.15, 0.2) is 0 Å². The first-order valence-electron chi connectivity index (χ1n) is 3.86. The summed E-state index contributed by atoms with van der Waals surface area (Å²) < 4.78 is 5.45. The van der Waals surface area contributed by atoms with Gasteiger partial charge in [-0.05, 0) is 32.6 Å². The molecule has 1 fully saturated rings. The van der Waals surface area contributed by atoms with Crippen LogP contribution in [-0.4, -0.2) is 12.7 Å². The quantitative estimate of drug-likeness (QED) is 0.552. The summed E-state index contributed by atoms with van der Waals surface area (Å²) in [5, 5.41) is 0. The van der Waals surface area contributed by atoms with Crippen molar-refractivity contribution in [3.63, 3.8) is 0 Å². The molecule has 0 aromatic heterocycles. The minimum absolute atomic E-state index is 0.545. The summed E-state index contributed by atoms with van der Waals surface area (Å²) in [7, 11) is 0. The average Bonchev–Trinajstić information content (AvgIpc) is 1.91. The first-order valence-corrected chi connectivity index (χ1v) is 3.86. The summed E-state index contributed by atoms with van der Waals surface area (Å²) in [5.41, 5.74) is 0. The third-order valence-corrected chi connectivity index (χ3v) is 1.77. The molecule has 1 aliphatic carbocycles. The molecule has 0 bridgehead atoms. The predicted molar refractivity (Wildman–Crippen MR) is 38.2 cm³/mol. The molecule has 0 heterocycles. The van der Waals surface area contributed by atoms with Gasteiger partial charge in [-0.15, -0.1) is 0 Å². The molecule has 0 aromatic carbocycles. The van der Waals surface area contributed by atoms with Crippen molar-refractivity contribution in [3.05, 3.63) is 6.42 Å².